The quantitative estimate of drug-likeness (QED) is 0.280. The average Bonchev–Trinajstić information content (AvgIpc) is 3.55. The fourth-order valence-electron chi connectivity index (χ4n) is 6.24. The maximum absolute atomic E-state index is 13.6. The van der Waals surface area contributed by atoms with Gasteiger partial charge in [-0.3, -0.25) is 14.3 Å². The molecule has 6 nitrogen and oxygen atoms in total. The van der Waals surface area contributed by atoms with Crippen LogP contribution in [0.15, 0.2) is 83.7 Å². The number of carbonyl (C=O) groups excluding carboxylic acids is 1. The summed E-state index contributed by atoms with van der Waals surface area (Å²) in [7, 11) is 0. The molecule has 2 heterocycles. The molecule has 1 aromatic heterocycles. The van der Waals surface area contributed by atoms with Crippen LogP contribution in [0.1, 0.15) is 61.3 Å². The molecule has 3 aromatic carbocycles. The lowest BCUT2D eigenvalue weighted by molar-refractivity contribution is 0.0879. The molecule has 0 N–H and O–H groups in total. The van der Waals surface area contributed by atoms with E-state index in [1.54, 1.807) is 0 Å². The highest BCUT2D eigenvalue weighted by molar-refractivity contribution is 5.90. The summed E-state index contributed by atoms with van der Waals surface area (Å²) in [5, 5.41) is 0. The Morgan fingerprint density at radius 2 is 1.47 bits per heavy atom. The molecule has 1 aliphatic carbocycles. The van der Waals surface area contributed by atoms with Crippen molar-refractivity contribution in [2.45, 2.75) is 57.5 Å². The zero-order valence-corrected chi connectivity index (χ0v) is 21.8. The van der Waals surface area contributed by atoms with Crippen LogP contribution in [-0.4, -0.2) is 33.0 Å². The minimum Gasteiger partial charge on any atom is -0.457 e. The summed E-state index contributed by atoms with van der Waals surface area (Å²) in [5.41, 5.74) is 2.67. The number of aromatic nitrogens is 2. The highest BCUT2D eigenvalue weighted by Crippen LogP contribution is 2.30. The molecule has 0 atom stereocenters. The molecule has 2 aliphatic rings. The minimum atomic E-state index is -0.168. The Morgan fingerprint density at radius 3 is 2.24 bits per heavy atom. The van der Waals surface area contributed by atoms with Gasteiger partial charge in [-0.1, -0.05) is 55.3 Å². The summed E-state index contributed by atoms with van der Waals surface area (Å²) in [5.74, 6) is 2.03. The van der Waals surface area contributed by atoms with E-state index < -0.39 is 0 Å². The standard InChI is InChI=1S/C32H35N3O3/c36-31(22-24-9-4-5-10-24)35-30-16-7-6-15-29(30)34(32(35)37)26-17-19-33(20-18-26)23-25-11-8-14-28(21-25)38-27-12-2-1-3-13-27/h1-3,6-8,11-16,21,24,26H,4-5,9-10,17-20,22-23H2. The minimum absolute atomic E-state index is 0.0492. The van der Waals surface area contributed by atoms with E-state index in [0.29, 0.717) is 12.3 Å². The van der Waals surface area contributed by atoms with E-state index in [2.05, 4.69) is 17.0 Å². The Kier molecular flexibility index (Phi) is 7.14. The topological polar surface area (TPSA) is 56.5 Å². The van der Waals surface area contributed by atoms with E-state index in [-0.39, 0.29) is 17.6 Å². The second kappa shape index (κ2) is 11.0. The van der Waals surface area contributed by atoms with Crippen molar-refractivity contribution in [2.24, 2.45) is 5.92 Å². The highest BCUT2D eigenvalue weighted by Gasteiger charge is 2.28. The maximum atomic E-state index is 13.6. The zero-order valence-electron chi connectivity index (χ0n) is 21.8. The number of carbonyl (C=O) groups is 1. The van der Waals surface area contributed by atoms with Crippen molar-refractivity contribution in [1.82, 2.24) is 14.0 Å². The van der Waals surface area contributed by atoms with Crippen molar-refractivity contribution < 1.29 is 9.53 Å². The average molecular weight is 510 g/mol. The van der Waals surface area contributed by atoms with E-state index in [1.807, 2.05) is 71.3 Å². The van der Waals surface area contributed by atoms with Crippen molar-refractivity contribution in [1.29, 1.82) is 0 Å². The summed E-state index contributed by atoms with van der Waals surface area (Å²) in [6.07, 6.45) is 6.81. The Bertz CT molecular complexity index is 1460. The molecule has 0 bridgehead atoms. The summed E-state index contributed by atoms with van der Waals surface area (Å²) >= 11 is 0. The molecular formula is C32H35N3O3. The zero-order chi connectivity index (χ0) is 25.9. The molecule has 1 aliphatic heterocycles. The predicted octanol–water partition coefficient (Wildman–Crippen LogP) is 6.65. The van der Waals surface area contributed by atoms with Gasteiger partial charge in [-0.15, -0.1) is 0 Å². The van der Waals surface area contributed by atoms with E-state index in [0.717, 1.165) is 67.8 Å². The lowest BCUT2D eigenvalue weighted by Crippen LogP contribution is -2.38. The third-order valence-corrected chi connectivity index (χ3v) is 8.17. The molecule has 1 saturated heterocycles. The Morgan fingerprint density at radius 1 is 0.789 bits per heavy atom. The molecule has 1 saturated carbocycles. The molecule has 2 fully saturated rings. The van der Waals surface area contributed by atoms with Crippen LogP contribution in [0.5, 0.6) is 11.5 Å². The fraction of sp³-hybridized carbons (Fsp3) is 0.375. The van der Waals surface area contributed by atoms with Gasteiger partial charge in [0.1, 0.15) is 11.5 Å². The fourth-order valence-corrected chi connectivity index (χ4v) is 6.24. The van der Waals surface area contributed by atoms with Gasteiger partial charge in [-0.25, -0.2) is 9.36 Å². The maximum Gasteiger partial charge on any atom is 0.336 e. The summed E-state index contributed by atoms with van der Waals surface area (Å²) in [6.45, 7) is 2.64. The molecule has 0 amide bonds. The first-order chi connectivity index (χ1) is 18.7. The number of rotatable bonds is 7. The molecule has 6 heteroatoms. The number of benzene rings is 3. The molecule has 6 rings (SSSR count). The first kappa shape index (κ1) is 24.7. The van der Waals surface area contributed by atoms with Gasteiger partial charge in [-0.2, -0.15) is 0 Å². The first-order valence-electron chi connectivity index (χ1n) is 13.9. The van der Waals surface area contributed by atoms with E-state index in [9.17, 15) is 9.59 Å². The third-order valence-electron chi connectivity index (χ3n) is 8.17. The summed E-state index contributed by atoms with van der Waals surface area (Å²) in [4.78, 5) is 29.3. The van der Waals surface area contributed by atoms with Gasteiger partial charge in [0.15, 0.2) is 0 Å². The van der Waals surface area contributed by atoms with Crippen molar-refractivity contribution in [2.75, 3.05) is 13.1 Å². The number of likely N-dealkylation sites (tertiary alicyclic amines) is 1. The predicted molar refractivity (Wildman–Crippen MR) is 150 cm³/mol. The van der Waals surface area contributed by atoms with Crippen molar-refractivity contribution in [3.05, 3.63) is 94.9 Å². The van der Waals surface area contributed by atoms with Crippen molar-refractivity contribution in [3.8, 4) is 11.5 Å². The van der Waals surface area contributed by atoms with Crippen LogP contribution in [-0.2, 0) is 6.54 Å². The molecular weight excluding hydrogens is 474 g/mol. The molecule has 4 aromatic rings. The number of imidazole rings is 1. The summed E-state index contributed by atoms with van der Waals surface area (Å²) < 4.78 is 9.37. The van der Waals surface area contributed by atoms with Gasteiger partial charge < -0.3 is 4.74 Å². The van der Waals surface area contributed by atoms with Gasteiger partial charge in [0, 0.05) is 32.1 Å². The highest BCUT2D eigenvalue weighted by atomic mass is 16.5. The molecule has 0 unspecified atom stereocenters. The number of ether oxygens (including phenoxy) is 1. The number of para-hydroxylation sites is 3. The van der Waals surface area contributed by atoms with E-state index in [4.69, 9.17) is 4.74 Å². The van der Waals surface area contributed by atoms with Crippen molar-refractivity contribution >= 4 is 16.9 Å². The first-order valence-corrected chi connectivity index (χ1v) is 13.9. The van der Waals surface area contributed by atoms with Crippen LogP contribution < -0.4 is 10.4 Å². The van der Waals surface area contributed by atoms with Crippen LogP contribution in [0.4, 0.5) is 0 Å². The number of piperidine rings is 1. The van der Waals surface area contributed by atoms with Crippen LogP contribution in [0.2, 0.25) is 0 Å². The van der Waals surface area contributed by atoms with Crippen LogP contribution in [0, 0.1) is 5.92 Å². The molecule has 0 spiro atoms. The Hall–Kier alpha value is -3.64. The number of hydrogen-bond acceptors (Lipinski definition) is 4. The number of hydrogen-bond donors (Lipinski definition) is 0. The lowest BCUT2D eigenvalue weighted by Gasteiger charge is -2.32. The Balaban J connectivity index is 1.15. The van der Waals surface area contributed by atoms with Gasteiger partial charge in [0.2, 0.25) is 5.91 Å². The molecule has 38 heavy (non-hydrogen) atoms. The normalized spacial score (nSPS) is 17.3. The lowest BCUT2D eigenvalue weighted by atomic mass is 10.0. The van der Waals surface area contributed by atoms with E-state index in [1.165, 1.54) is 23.0 Å². The van der Waals surface area contributed by atoms with Gasteiger partial charge in [0.25, 0.3) is 0 Å². The number of fused-ring (bicyclic) bond motifs is 1. The summed E-state index contributed by atoms with van der Waals surface area (Å²) in [6, 6.07) is 26.0. The second-order valence-electron chi connectivity index (χ2n) is 10.8. The smallest absolute Gasteiger partial charge is 0.336 e. The Labute approximate surface area is 223 Å². The SMILES string of the molecule is O=C(CC1CCCC1)n1c(=O)n(C2CCN(Cc3cccc(Oc4ccccc4)c3)CC2)c2ccccc21. The molecule has 196 valence electrons. The second-order valence-corrected chi connectivity index (χ2v) is 10.8. The van der Waals surface area contributed by atoms with Gasteiger partial charge in [-0.05, 0) is 73.6 Å². The third kappa shape index (κ3) is 5.18. The van der Waals surface area contributed by atoms with Crippen LogP contribution in [0.25, 0.3) is 11.0 Å². The van der Waals surface area contributed by atoms with Crippen LogP contribution >= 0.6 is 0 Å². The monoisotopic (exact) mass is 509 g/mol. The van der Waals surface area contributed by atoms with Crippen LogP contribution in [0.3, 0.4) is 0 Å². The molecule has 0 radical (unpaired) electrons. The largest absolute Gasteiger partial charge is 0.457 e. The van der Waals surface area contributed by atoms with Gasteiger partial charge >= 0.3 is 5.69 Å². The number of nitrogens with zero attached hydrogens (tertiary/aromatic N) is 3. The van der Waals surface area contributed by atoms with Crippen molar-refractivity contribution in [3.63, 3.8) is 0 Å². The van der Waals surface area contributed by atoms with Gasteiger partial charge in [0.05, 0.1) is 11.0 Å². The van der Waals surface area contributed by atoms with E-state index >= 15 is 0 Å².